The average molecular weight is 182 g/mol. The van der Waals surface area contributed by atoms with Crippen LogP contribution in [0.1, 0.15) is 39.5 Å². The van der Waals surface area contributed by atoms with Crippen molar-refractivity contribution in [2.24, 2.45) is 5.41 Å². The topological polar surface area (TPSA) is 29.5 Å². The van der Waals surface area contributed by atoms with Gasteiger partial charge in [0.15, 0.2) is 0 Å². The highest BCUT2D eigenvalue weighted by Gasteiger charge is 2.44. The minimum atomic E-state index is -0.556. The number of hydrogen-bond donors (Lipinski definition) is 1. The summed E-state index contributed by atoms with van der Waals surface area (Å²) in [7, 11) is 0. The van der Waals surface area contributed by atoms with E-state index >= 15 is 0 Å². The Bertz CT molecular complexity index is 242. The lowest BCUT2D eigenvalue weighted by molar-refractivity contribution is 0.0727. The van der Waals surface area contributed by atoms with Gasteiger partial charge in [0.05, 0.1) is 18.5 Å². The molecule has 2 aliphatic rings. The highest BCUT2D eigenvalue weighted by Crippen LogP contribution is 2.48. The zero-order valence-corrected chi connectivity index (χ0v) is 8.47. The summed E-state index contributed by atoms with van der Waals surface area (Å²) >= 11 is 0. The van der Waals surface area contributed by atoms with Crippen LogP contribution in [0.4, 0.5) is 0 Å². The molecule has 1 atom stereocenters. The van der Waals surface area contributed by atoms with Crippen LogP contribution in [0.15, 0.2) is 11.8 Å². The number of rotatable bonds is 1. The largest absolute Gasteiger partial charge is 0.501 e. The van der Waals surface area contributed by atoms with E-state index in [1.54, 1.807) is 6.26 Å². The Morgan fingerprint density at radius 1 is 1.38 bits per heavy atom. The molecule has 0 saturated heterocycles. The first-order valence-electron chi connectivity index (χ1n) is 5.05. The molecule has 0 amide bonds. The van der Waals surface area contributed by atoms with Crippen molar-refractivity contribution in [2.45, 2.75) is 45.1 Å². The Hall–Kier alpha value is -0.500. The molecule has 2 rings (SSSR count). The normalized spacial score (nSPS) is 37.3. The van der Waals surface area contributed by atoms with Crippen molar-refractivity contribution >= 4 is 0 Å². The van der Waals surface area contributed by atoms with Gasteiger partial charge in [-0.3, -0.25) is 0 Å². The smallest absolute Gasteiger partial charge is 0.0912 e. The molecule has 0 aromatic carbocycles. The van der Waals surface area contributed by atoms with Crippen LogP contribution < -0.4 is 0 Å². The second-order valence-electron chi connectivity index (χ2n) is 5.14. The van der Waals surface area contributed by atoms with Gasteiger partial charge in [-0.2, -0.15) is 0 Å². The highest BCUT2D eigenvalue weighted by molar-refractivity contribution is 5.20. The summed E-state index contributed by atoms with van der Waals surface area (Å²) in [5.74, 6) is 0. The van der Waals surface area contributed by atoms with E-state index in [-0.39, 0.29) is 5.41 Å². The van der Waals surface area contributed by atoms with Crippen molar-refractivity contribution in [1.82, 2.24) is 0 Å². The second kappa shape index (κ2) is 2.74. The zero-order valence-electron chi connectivity index (χ0n) is 8.47. The van der Waals surface area contributed by atoms with Crippen LogP contribution in [0.25, 0.3) is 0 Å². The monoisotopic (exact) mass is 182 g/mol. The van der Waals surface area contributed by atoms with E-state index in [4.69, 9.17) is 4.74 Å². The maximum Gasteiger partial charge on any atom is 0.0912 e. The Morgan fingerprint density at radius 2 is 2.15 bits per heavy atom. The molecule has 1 fully saturated rings. The molecule has 1 unspecified atom stereocenters. The Kier molecular flexibility index (Phi) is 1.91. The molecule has 0 bridgehead atoms. The Morgan fingerprint density at radius 3 is 2.62 bits per heavy atom. The zero-order chi connectivity index (χ0) is 9.53. The third kappa shape index (κ3) is 1.60. The molecule has 1 N–H and O–H groups in total. The predicted molar refractivity (Wildman–Crippen MR) is 51.2 cm³/mol. The minimum absolute atomic E-state index is 0.290. The summed E-state index contributed by atoms with van der Waals surface area (Å²) in [5, 5.41) is 10.4. The van der Waals surface area contributed by atoms with Gasteiger partial charge in [0.2, 0.25) is 0 Å². The predicted octanol–water partition coefficient (Wildman–Crippen LogP) is 2.23. The molecular formula is C11H18O2. The number of aliphatic hydroxyl groups is 1. The van der Waals surface area contributed by atoms with E-state index in [2.05, 4.69) is 13.8 Å². The fourth-order valence-corrected chi connectivity index (χ4v) is 2.52. The van der Waals surface area contributed by atoms with Gasteiger partial charge in [-0.15, -0.1) is 0 Å². The quantitative estimate of drug-likeness (QED) is 0.674. The fraction of sp³-hybridized carbons (Fsp3) is 0.818. The Balaban J connectivity index is 2.14. The SMILES string of the molecule is CC1(C)CCC(O)(C2=COCC2)C1. The van der Waals surface area contributed by atoms with Crippen molar-refractivity contribution < 1.29 is 9.84 Å². The van der Waals surface area contributed by atoms with Gasteiger partial charge < -0.3 is 9.84 Å². The molecule has 0 aromatic rings. The molecule has 1 aliphatic carbocycles. The number of hydrogen-bond acceptors (Lipinski definition) is 2. The van der Waals surface area contributed by atoms with E-state index in [9.17, 15) is 5.11 Å². The van der Waals surface area contributed by atoms with Crippen LogP contribution in [0.5, 0.6) is 0 Å². The van der Waals surface area contributed by atoms with Gasteiger partial charge in [0, 0.05) is 6.42 Å². The van der Waals surface area contributed by atoms with Gasteiger partial charge in [-0.05, 0) is 30.3 Å². The van der Waals surface area contributed by atoms with Crippen LogP contribution in [0.3, 0.4) is 0 Å². The third-order valence-corrected chi connectivity index (χ3v) is 3.30. The van der Waals surface area contributed by atoms with E-state index in [0.29, 0.717) is 0 Å². The van der Waals surface area contributed by atoms with E-state index in [1.165, 1.54) is 0 Å². The van der Waals surface area contributed by atoms with Crippen LogP contribution in [0.2, 0.25) is 0 Å². The molecule has 0 aromatic heterocycles. The van der Waals surface area contributed by atoms with Gasteiger partial charge in [0.25, 0.3) is 0 Å². The molecule has 1 aliphatic heterocycles. The van der Waals surface area contributed by atoms with E-state index < -0.39 is 5.60 Å². The highest BCUT2D eigenvalue weighted by atomic mass is 16.5. The lowest BCUT2D eigenvalue weighted by Crippen LogP contribution is -2.28. The minimum Gasteiger partial charge on any atom is -0.501 e. The summed E-state index contributed by atoms with van der Waals surface area (Å²) in [6.45, 7) is 5.20. The average Bonchev–Trinajstić information content (AvgIpc) is 2.58. The van der Waals surface area contributed by atoms with Gasteiger partial charge in [-0.1, -0.05) is 13.8 Å². The van der Waals surface area contributed by atoms with Crippen molar-refractivity contribution in [2.75, 3.05) is 6.61 Å². The second-order valence-corrected chi connectivity index (χ2v) is 5.14. The summed E-state index contributed by atoms with van der Waals surface area (Å²) in [5.41, 5.74) is 0.844. The summed E-state index contributed by atoms with van der Waals surface area (Å²) in [4.78, 5) is 0. The maximum atomic E-state index is 10.4. The third-order valence-electron chi connectivity index (χ3n) is 3.30. The van der Waals surface area contributed by atoms with Crippen LogP contribution in [-0.4, -0.2) is 17.3 Å². The number of ether oxygens (including phenoxy) is 1. The first kappa shape index (κ1) is 9.07. The molecule has 13 heavy (non-hydrogen) atoms. The summed E-state index contributed by atoms with van der Waals surface area (Å²) in [6, 6.07) is 0. The fourth-order valence-electron chi connectivity index (χ4n) is 2.52. The molecule has 0 radical (unpaired) electrons. The van der Waals surface area contributed by atoms with Crippen LogP contribution in [0, 0.1) is 5.41 Å². The van der Waals surface area contributed by atoms with Crippen LogP contribution >= 0.6 is 0 Å². The van der Waals surface area contributed by atoms with Crippen molar-refractivity contribution in [3.63, 3.8) is 0 Å². The lowest BCUT2D eigenvalue weighted by Gasteiger charge is -2.25. The molecule has 2 nitrogen and oxygen atoms in total. The molecular weight excluding hydrogens is 164 g/mol. The van der Waals surface area contributed by atoms with Gasteiger partial charge in [0.1, 0.15) is 0 Å². The van der Waals surface area contributed by atoms with Crippen molar-refractivity contribution in [1.29, 1.82) is 0 Å². The molecule has 74 valence electrons. The van der Waals surface area contributed by atoms with E-state index in [1.807, 2.05) is 0 Å². The van der Waals surface area contributed by atoms with Gasteiger partial charge >= 0.3 is 0 Å². The first-order valence-corrected chi connectivity index (χ1v) is 5.05. The molecule has 1 heterocycles. The molecule has 1 saturated carbocycles. The van der Waals surface area contributed by atoms with Crippen molar-refractivity contribution in [3.8, 4) is 0 Å². The summed E-state index contributed by atoms with van der Waals surface area (Å²) in [6.07, 6.45) is 5.57. The Labute approximate surface area is 79.6 Å². The lowest BCUT2D eigenvalue weighted by atomic mass is 9.85. The standard InChI is InChI=1S/C11H18O2/c1-10(2)4-5-11(12,8-10)9-3-6-13-7-9/h7,12H,3-6,8H2,1-2H3. The maximum absolute atomic E-state index is 10.4. The van der Waals surface area contributed by atoms with Crippen molar-refractivity contribution in [3.05, 3.63) is 11.8 Å². The van der Waals surface area contributed by atoms with E-state index in [0.717, 1.165) is 37.9 Å². The molecule has 2 heteroatoms. The molecule has 0 spiro atoms. The first-order chi connectivity index (χ1) is 6.02. The van der Waals surface area contributed by atoms with Gasteiger partial charge in [-0.25, -0.2) is 0 Å². The van der Waals surface area contributed by atoms with Crippen LogP contribution in [-0.2, 0) is 4.74 Å². The summed E-state index contributed by atoms with van der Waals surface area (Å²) < 4.78 is 5.18.